The van der Waals surface area contributed by atoms with Gasteiger partial charge in [-0.2, -0.15) is 0 Å². The van der Waals surface area contributed by atoms with E-state index >= 15 is 0 Å². The zero-order valence-corrected chi connectivity index (χ0v) is 16.7. The molecular formula is C22H29N3O4. The zero-order valence-electron chi connectivity index (χ0n) is 16.7. The van der Waals surface area contributed by atoms with Gasteiger partial charge in [0.25, 0.3) is 0 Å². The summed E-state index contributed by atoms with van der Waals surface area (Å²) in [5, 5.41) is 19.7. The van der Waals surface area contributed by atoms with E-state index in [0.717, 1.165) is 64.5 Å². The van der Waals surface area contributed by atoms with E-state index in [4.69, 9.17) is 9.72 Å². The quantitative estimate of drug-likeness (QED) is 0.770. The third kappa shape index (κ3) is 4.37. The van der Waals surface area contributed by atoms with Crippen LogP contribution in [0.5, 0.6) is 0 Å². The van der Waals surface area contributed by atoms with Crippen molar-refractivity contribution >= 4 is 22.7 Å². The summed E-state index contributed by atoms with van der Waals surface area (Å²) in [7, 11) is 0. The number of piperidine rings is 1. The van der Waals surface area contributed by atoms with Crippen LogP contribution in [0, 0.1) is 5.92 Å². The number of aromatic carboxylic acids is 1. The first kappa shape index (κ1) is 20.1. The molecule has 2 atom stereocenters. The third-order valence-corrected chi connectivity index (χ3v) is 6.20. The maximum absolute atomic E-state index is 11.8. The van der Waals surface area contributed by atoms with Gasteiger partial charge in [0.1, 0.15) is 5.82 Å². The Labute approximate surface area is 170 Å². The van der Waals surface area contributed by atoms with E-state index in [2.05, 4.69) is 9.80 Å². The summed E-state index contributed by atoms with van der Waals surface area (Å²) in [6.07, 6.45) is 2.74. The zero-order chi connectivity index (χ0) is 20.2. The predicted octanol–water partition coefficient (Wildman–Crippen LogP) is 2.23. The Hall–Kier alpha value is -2.22. The van der Waals surface area contributed by atoms with Crippen LogP contribution in [-0.4, -0.2) is 78.1 Å². The summed E-state index contributed by atoms with van der Waals surface area (Å²) >= 11 is 0. The monoisotopic (exact) mass is 399 g/mol. The molecule has 0 saturated carbocycles. The van der Waals surface area contributed by atoms with Gasteiger partial charge in [-0.1, -0.05) is 18.2 Å². The van der Waals surface area contributed by atoms with Gasteiger partial charge in [-0.05, 0) is 37.3 Å². The minimum atomic E-state index is -0.926. The van der Waals surface area contributed by atoms with Gasteiger partial charge >= 0.3 is 5.97 Å². The molecule has 2 N–H and O–H groups in total. The van der Waals surface area contributed by atoms with Gasteiger partial charge in [-0.3, -0.25) is 4.90 Å². The number of fused-ring (bicyclic) bond motifs is 1. The van der Waals surface area contributed by atoms with Gasteiger partial charge in [0.05, 0.1) is 24.3 Å². The van der Waals surface area contributed by atoms with E-state index in [1.165, 1.54) is 0 Å². The molecule has 1 aromatic heterocycles. The smallest absolute Gasteiger partial charge is 0.336 e. The summed E-state index contributed by atoms with van der Waals surface area (Å²) in [5.41, 5.74) is 1.01. The fourth-order valence-corrected chi connectivity index (χ4v) is 4.76. The fraction of sp³-hybridized carbons (Fsp3) is 0.545. The average molecular weight is 399 g/mol. The number of hydrogen-bond donors (Lipinski definition) is 2. The van der Waals surface area contributed by atoms with Crippen molar-refractivity contribution < 1.29 is 19.7 Å². The number of pyridine rings is 1. The molecule has 0 amide bonds. The van der Waals surface area contributed by atoms with Crippen LogP contribution in [0.2, 0.25) is 0 Å². The molecule has 0 bridgehead atoms. The van der Waals surface area contributed by atoms with Crippen molar-refractivity contribution in [1.82, 2.24) is 9.88 Å². The van der Waals surface area contributed by atoms with Gasteiger partial charge in [-0.15, -0.1) is 0 Å². The molecule has 0 spiro atoms. The number of anilines is 1. The molecule has 2 aliphatic rings. The van der Waals surface area contributed by atoms with Gasteiger partial charge in [-0.25, -0.2) is 9.78 Å². The van der Waals surface area contributed by atoms with Gasteiger partial charge in [0.15, 0.2) is 0 Å². The fourth-order valence-electron chi connectivity index (χ4n) is 4.76. The molecule has 0 unspecified atom stereocenters. The van der Waals surface area contributed by atoms with Crippen LogP contribution in [0.25, 0.3) is 10.9 Å². The minimum Gasteiger partial charge on any atom is -0.478 e. The molecule has 2 aromatic rings. The standard InChI is InChI=1S/C22H29N3O4/c26-11-3-4-16-15-25(8-7-20(16)24-9-12-29-13-10-24)21-14-18(22(27)28)17-5-1-2-6-19(17)23-21/h1-2,5-6,14,16,20,26H,3-4,7-13,15H2,(H,27,28)/t16-,20+/m1/s1. The highest BCUT2D eigenvalue weighted by Crippen LogP contribution is 2.31. The Bertz CT molecular complexity index is 853. The van der Waals surface area contributed by atoms with Crippen molar-refractivity contribution in [3.63, 3.8) is 0 Å². The molecule has 1 aromatic carbocycles. The van der Waals surface area contributed by atoms with Crippen molar-refractivity contribution in [3.8, 4) is 0 Å². The van der Waals surface area contributed by atoms with E-state index in [1.807, 2.05) is 24.3 Å². The first-order chi connectivity index (χ1) is 14.2. The van der Waals surface area contributed by atoms with Crippen molar-refractivity contribution in [2.75, 3.05) is 50.9 Å². The number of ether oxygens (including phenoxy) is 1. The Morgan fingerprint density at radius 2 is 2.00 bits per heavy atom. The van der Waals surface area contributed by atoms with Gasteiger partial charge < -0.3 is 19.8 Å². The predicted molar refractivity (Wildman–Crippen MR) is 112 cm³/mol. The molecular weight excluding hydrogens is 370 g/mol. The van der Waals surface area contributed by atoms with Crippen LogP contribution in [-0.2, 0) is 4.74 Å². The van der Waals surface area contributed by atoms with Gasteiger partial charge in [0, 0.05) is 44.2 Å². The maximum atomic E-state index is 11.8. The highest BCUT2D eigenvalue weighted by atomic mass is 16.5. The lowest BCUT2D eigenvalue weighted by atomic mass is 9.86. The summed E-state index contributed by atoms with van der Waals surface area (Å²) in [5.74, 6) is 0.218. The third-order valence-electron chi connectivity index (χ3n) is 6.20. The number of benzene rings is 1. The number of aliphatic hydroxyl groups excluding tert-OH is 1. The van der Waals surface area contributed by atoms with Crippen molar-refractivity contribution in [2.24, 2.45) is 5.92 Å². The lowest BCUT2D eigenvalue weighted by Gasteiger charge is -2.45. The van der Waals surface area contributed by atoms with E-state index in [9.17, 15) is 15.0 Å². The van der Waals surface area contributed by atoms with Crippen LogP contribution in [0.15, 0.2) is 30.3 Å². The number of nitrogens with zero attached hydrogens (tertiary/aromatic N) is 3. The Morgan fingerprint density at radius 1 is 1.21 bits per heavy atom. The summed E-state index contributed by atoms with van der Waals surface area (Å²) in [4.78, 5) is 21.3. The Morgan fingerprint density at radius 3 is 2.76 bits per heavy atom. The molecule has 2 fully saturated rings. The molecule has 3 heterocycles. The molecule has 2 saturated heterocycles. The largest absolute Gasteiger partial charge is 0.478 e. The second-order valence-electron chi connectivity index (χ2n) is 7.93. The van der Waals surface area contributed by atoms with Crippen LogP contribution in [0.1, 0.15) is 29.6 Å². The van der Waals surface area contributed by atoms with E-state index in [0.29, 0.717) is 28.4 Å². The number of hydrogen-bond acceptors (Lipinski definition) is 6. The number of carboxylic acid groups (broad SMARTS) is 1. The molecule has 4 rings (SSSR count). The molecule has 2 aliphatic heterocycles. The first-order valence-electron chi connectivity index (χ1n) is 10.5. The van der Waals surface area contributed by atoms with Crippen LogP contribution < -0.4 is 4.90 Å². The van der Waals surface area contributed by atoms with E-state index in [-0.39, 0.29) is 6.61 Å². The van der Waals surface area contributed by atoms with Crippen LogP contribution in [0.4, 0.5) is 5.82 Å². The SMILES string of the molecule is O=C(O)c1cc(N2CC[C@H](N3CCOCC3)[C@H](CCCO)C2)nc2ccccc12. The second kappa shape index (κ2) is 9.07. The first-order valence-corrected chi connectivity index (χ1v) is 10.5. The van der Waals surface area contributed by atoms with E-state index in [1.54, 1.807) is 6.07 Å². The summed E-state index contributed by atoms with van der Waals surface area (Å²) < 4.78 is 5.52. The van der Waals surface area contributed by atoms with Crippen molar-refractivity contribution in [3.05, 3.63) is 35.9 Å². The normalized spacial score (nSPS) is 23.4. The average Bonchev–Trinajstić information content (AvgIpc) is 2.77. The molecule has 0 radical (unpaired) electrons. The number of carbonyl (C=O) groups is 1. The Balaban J connectivity index is 1.59. The molecule has 29 heavy (non-hydrogen) atoms. The number of para-hydroxylation sites is 1. The summed E-state index contributed by atoms with van der Waals surface area (Å²) in [6, 6.07) is 9.59. The lowest BCUT2D eigenvalue weighted by molar-refractivity contribution is -0.00415. The lowest BCUT2D eigenvalue weighted by Crippen LogP contribution is -2.54. The molecule has 7 heteroatoms. The topological polar surface area (TPSA) is 86.1 Å². The maximum Gasteiger partial charge on any atom is 0.336 e. The van der Waals surface area contributed by atoms with Gasteiger partial charge in [0.2, 0.25) is 0 Å². The highest BCUT2D eigenvalue weighted by molar-refractivity contribution is 6.03. The van der Waals surface area contributed by atoms with Crippen molar-refractivity contribution in [2.45, 2.75) is 25.3 Å². The van der Waals surface area contributed by atoms with Crippen LogP contribution in [0.3, 0.4) is 0 Å². The molecule has 156 valence electrons. The number of carboxylic acids is 1. The Kier molecular flexibility index (Phi) is 6.28. The molecule has 7 nitrogen and oxygen atoms in total. The highest BCUT2D eigenvalue weighted by Gasteiger charge is 2.34. The molecule has 0 aliphatic carbocycles. The number of rotatable bonds is 6. The number of aromatic nitrogens is 1. The van der Waals surface area contributed by atoms with Crippen molar-refractivity contribution in [1.29, 1.82) is 0 Å². The summed E-state index contributed by atoms with van der Waals surface area (Å²) in [6.45, 7) is 5.34. The number of aliphatic hydroxyl groups is 1. The minimum absolute atomic E-state index is 0.198. The number of morpholine rings is 1. The van der Waals surface area contributed by atoms with E-state index < -0.39 is 5.97 Å². The van der Waals surface area contributed by atoms with Crippen LogP contribution >= 0.6 is 0 Å². The second-order valence-corrected chi connectivity index (χ2v) is 7.93.